The topological polar surface area (TPSA) is 100 Å². The van der Waals surface area contributed by atoms with Crippen LogP contribution < -0.4 is 24.7 Å². The van der Waals surface area contributed by atoms with Gasteiger partial charge in [-0.25, -0.2) is 0 Å². The predicted molar refractivity (Wildman–Crippen MR) is 114 cm³/mol. The lowest BCUT2D eigenvalue weighted by molar-refractivity contribution is -0.139. The third-order valence-corrected chi connectivity index (χ3v) is 4.94. The second-order valence-corrected chi connectivity index (χ2v) is 6.81. The molecule has 0 spiro atoms. The largest absolute Gasteiger partial charge is 0.490 e. The molecule has 1 aromatic rings. The summed E-state index contributed by atoms with van der Waals surface area (Å²) in [5.41, 5.74) is 6.69. The van der Waals surface area contributed by atoms with E-state index in [0.29, 0.717) is 55.8 Å². The van der Waals surface area contributed by atoms with E-state index >= 15 is 0 Å². The van der Waals surface area contributed by atoms with Crippen molar-refractivity contribution in [3.05, 3.63) is 11.6 Å². The van der Waals surface area contributed by atoms with Gasteiger partial charge in [0.15, 0.2) is 23.0 Å². The number of aliphatic carboxylic acids is 1. The molecule has 0 saturated heterocycles. The number of hydrogen-bond acceptors (Lipinski definition) is 6. The first kappa shape index (κ1) is 24.9. The number of carboxylic acid groups (broad SMARTS) is 1. The number of rotatable bonds is 14. The molecule has 0 aromatic heterocycles. The average Bonchev–Trinajstić information content (AvgIpc) is 2.69. The molecule has 0 radical (unpaired) electrons. The number of hydrogen-bond donors (Lipinski definition) is 2. The Morgan fingerprint density at radius 1 is 0.931 bits per heavy atom. The van der Waals surface area contributed by atoms with Crippen LogP contribution in [0.3, 0.4) is 0 Å². The maximum absolute atomic E-state index is 11.3. The minimum Gasteiger partial charge on any atom is -0.490 e. The average molecular weight is 412 g/mol. The third kappa shape index (κ3) is 6.42. The van der Waals surface area contributed by atoms with Gasteiger partial charge in [-0.15, -0.1) is 0 Å². The highest BCUT2D eigenvalue weighted by molar-refractivity contribution is 5.73. The molecule has 0 fully saturated rings. The van der Waals surface area contributed by atoms with Gasteiger partial charge in [-0.2, -0.15) is 0 Å². The summed E-state index contributed by atoms with van der Waals surface area (Å²) in [6, 6.07) is 0.887. The zero-order chi connectivity index (χ0) is 22.0. The van der Waals surface area contributed by atoms with Crippen LogP contribution in [0.15, 0.2) is 6.07 Å². The molecular formula is C22H37NO6. The second-order valence-electron chi connectivity index (χ2n) is 6.81. The summed E-state index contributed by atoms with van der Waals surface area (Å²) in [5, 5.41) is 9.27. The smallest absolute Gasteiger partial charge is 0.320 e. The van der Waals surface area contributed by atoms with Crippen molar-refractivity contribution in [2.75, 3.05) is 26.4 Å². The van der Waals surface area contributed by atoms with E-state index in [0.717, 1.165) is 12.0 Å². The molecule has 0 saturated carbocycles. The summed E-state index contributed by atoms with van der Waals surface area (Å²) >= 11 is 0. The van der Waals surface area contributed by atoms with E-state index in [1.807, 2.05) is 40.7 Å². The monoisotopic (exact) mass is 411 g/mol. The predicted octanol–water partition coefficient (Wildman–Crippen LogP) is 4.21. The van der Waals surface area contributed by atoms with Crippen molar-refractivity contribution in [2.24, 2.45) is 11.7 Å². The van der Waals surface area contributed by atoms with Crippen LogP contribution in [0.25, 0.3) is 0 Å². The van der Waals surface area contributed by atoms with Crippen molar-refractivity contribution in [2.45, 2.75) is 66.3 Å². The second kappa shape index (κ2) is 12.4. The van der Waals surface area contributed by atoms with Crippen LogP contribution >= 0.6 is 0 Å². The number of carbonyl (C=O) groups is 1. The molecule has 7 heteroatoms. The van der Waals surface area contributed by atoms with Gasteiger partial charge in [0, 0.05) is 11.6 Å². The van der Waals surface area contributed by atoms with Crippen LogP contribution in [0.4, 0.5) is 0 Å². The molecule has 0 aliphatic carbocycles. The van der Waals surface area contributed by atoms with Gasteiger partial charge in [0.2, 0.25) is 0 Å². The SMILES string of the molecule is CCOc1cc(OCC)c(OCC)c(C(C)C(CC)CC(N)C(=O)O)c1OCC. The standard InChI is InChI=1S/C22H37NO6/c1-7-15(12-16(23)22(24)25)14(6)19-20(28-10-4)17(26-8-2)13-18(27-9-3)21(19)29-11-5/h13-16H,7-12,23H2,1-6H3,(H,24,25). The Morgan fingerprint density at radius 3 is 1.72 bits per heavy atom. The molecule has 166 valence electrons. The lowest BCUT2D eigenvalue weighted by atomic mass is 9.80. The normalized spacial score (nSPS) is 14.0. The first-order valence-electron chi connectivity index (χ1n) is 10.6. The van der Waals surface area contributed by atoms with Gasteiger partial charge in [0.1, 0.15) is 6.04 Å². The highest BCUT2D eigenvalue weighted by atomic mass is 16.5. The molecule has 7 nitrogen and oxygen atoms in total. The lowest BCUT2D eigenvalue weighted by Gasteiger charge is -2.29. The molecule has 1 aromatic carbocycles. The summed E-state index contributed by atoms with van der Waals surface area (Å²) in [7, 11) is 0. The third-order valence-electron chi connectivity index (χ3n) is 4.94. The van der Waals surface area contributed by atoms with Gasteiger partial charge < -0.3 is 29.8 Å². The van der Waals surface area contributed by atoms with E-state index < -0.39 is 12.0 Å². The van der Waals surface area contributed by atoms with Crippen LogP contribution in [-0.2, 0) is 4.79 Å². The van der Waals surface area contributed by atoms with Crippen molar-refractivity contribution in [1.82, 2.24) is 0 Å². The highest BCUT2D eigenvalue weighted by Gasteiger charge is 2.32. The summed E-state index contributed by atoms with van der Waals surface area (Å²) in [4.78, 5) is 11.3. The minimum absolute atomic E-state index is 0.0193. The van der Waals surface area contributed by atoms with Gasteiger partial charge in [-0.05, 0) is 46.0 Å². The van der Waals surface area contributed by atoms with Crippen molar-refractivity contribution in [3.63, 3.8) is 0 Å². The number of carboxylic acids is 1. The van der Waals surface area contributed by atoms with E-state index in [1.165, 1.54) is 0 Å². The molecule has 1 rings (SSSR count). The Kier molecular flexibility index (Phi) is 10.7. The molecule has 29 heavy (non-hydrogen) atoms. The molecule has 0 amide bonds. The van der Waals surface area contributed by atoms with E-state index in [2.05, 4.69) is 6.92 Å². The molecular weight excluding hydrogens is 374 g/mol. The van der Waals surface area contributed by atoms with Gasteiger partial charge >= 0.3 is 5.97 Å². The van der Waals surface area contributed by atoms with E-state index in [1.54, 1.807) is 0 Å². The summed E-state index contributed by atoms with van der Waals surface area (Å²) in [5.74, 6) is 1.39. The summed E-state index contributed by atoms with van der Waals surface area (Å²) in [6.45, 7) is 13.6. The quantitative estimate of drug-likeness (QED) is 0.473. The lowest BCUT2D eigenvalue weighted by Crippen LogP contribution is -2.33. The minimum atomic E-state index is -0.996. The van der Waals surface area contributed by atoms with Crippen molar-refractivity contribution >= 4 is 5.97 Å². The maximum atomic E-state index is 11.3. The Bertz CT molecular complexity index is 614. The van der Waals surface area contributed by atoms with Gasteiger partial charge in [-0.3, -0.25) is 4.79 Å². The molecule has 0 bridgehead atoms. The zero-order valence-electron chi connectivity index (χ0n) is 18.6. The Morgan fingerprint density at radius 2 is 1.38 bits per heavy atom. The maximum Gasteiger partial charge on any atom is 0.320 e. The number of nitrogens with two attached hydrogens (primary N) is 1. The Labute approximate surface area is 174 Å². The first-order chi connectivity index (χ1) is 13.9. The molecule has 3 atom stereocenters. The fourth-order valence-electron chi connectivity index (χ4n) is 3.53. The fourth-order valence-corrected chi connectivity index (χ4v) is 3.53. The van der Waals surface area contributed by atoms with E-state index in [9.17, 15) is 9.90 Å². The summed E-state index contributed by atoms with van der Waals surface area (Å²) < 4.78 is 23.7. The molecule has 0 aliphatic heterocycles. The van der Waals surface area contributed by atoms with Crippen molar-refractivity contribution < 1.29 is 28.8 Å². The van der Waals surface area contributed by atoms with Crippen molar-refractivity contribution in [1.29, 1.82) is 0 Å². The van der Waals surface area contributed by atoms with Gasteiger partial charge in [0.25, 0.3) is 0 Å². The Hall–Kier alpha value is -2.15. The summed E-state index contributed by atoms with van der Waals surface area (Å²) in [6.07, 6.45) is 1.12. The molecule has 0 aliphatic rings. The van der Waals surface area contributed by atoms with E-state index in [-0.39, 0.29) is 11.8 Å². The van der Waals surface area contributed by atoms with Crippen LogP contribution in [0, 0.1) is 5.92 Å². The zero-order valence-corrected chi connectivity index (χ0v) is 18.6. The fraction of sp³-hybridized carbons (Fsp3) is 0.682. The van der Waals surface area contributed by atoms with Gasteiger partial charge in [0.05, 0.1) is 26.4 Å². The number of benzene rings is 1. The van der Waals surface area contributed by atoms with Crippen LogP contribution in [-0.4, -0.2) is 43.5 Å². The Balaban J connectivity index is 3.63. The van der Waals surface area contributed by atoms with Crippen molar-refractivity contribution in [3.8, 4) is 23.0 Å². The molecule has 3 unspecified atom stereocenters. The van der Waals surface area contributed by atoms with Crippen LogP contribution in [0.1, 0.15) is 65.9 Å². The van der Waals surface area contributed by atoms with E-state index in [4.69, 9.17) is 24.7 Å². The van der Waals surface area contributed by atoms with Crippen LogP contribution in [0.2, 0.25) is 0 Å². The number of ether oxygens (including phenoxy) is 4. The highest BCUT2D eigenvalue weighted by Crippen LogP contribution is 2.50. The molecule has 0 heterocycles. The molecule has 3 N–H and O–H groups in total. The first-order valence-corrected chi connectivity index (χ1v) is 10.6. The van der Waals surface area contributed by atoms with Gasteiger partial charge in [-0.1, -0.05) is 20.3 Å². The van der Waals surface area contributed by atoms with Crippen LogP contribution in [0.5, 0.6) is 23.0 Å².